The van der Waals surface area contributed by atoms with E-state index >= 15 is 0 Å². The van der Waals surface area contributed by atoms with Crippen LogP contribution in [0.1, 0.15) is 20.8 Å². The fourth-order valence-electron chi connectivity index (χ4n) is 0. The molecule has 0 heterocycles. The Morgan fingerprint density at radius 3 is 0.684 bits per heavy atom. The third-order valence-electron chi connectivity index (χ3n) is 1.10. The second-order valence-electron chi connectivity index (χ2n) is 3.26. The Balaban J connectivity index is -0.0000000865. The van der Waals surface area contributed by atoms with Gasteiger partial charge in [-0.25, -0.2) is 14.4 Å². The predicted octanol–water partition coefficient (Wildman–Crippen LogP) is 1.94. The van der Waals surface area contributed by atoms with Gasteiger partial charge in [0.25, 0.3) is 0 Å². The van der Waals surface area contributed by atoms with Crippen molar-refractivity contribution in [3.05, 3.63) is 36.5 Å². The maximum atomic E-state index is 9.60. The van der Waals surface area contributed by atoms with Crippen molar-refractivity contribution in [1.82, 2.24) is 0 Å². The van der Waals surface area contributed by atoms with E-state index in [1.165, 1.54) is 20.8 Å². The molecule has 0 saturated carbocycles. The van der Waals surface area contributed by atoms with E-state index in [2.05, 4.69) is 19.7 Å². The fraction of sp³-hybridized carbons (Fsp3) is 0.250. The minimum absolute atomic E-state index is 0. The van der Waals surface area contributed by atoms with Crippen molar-refractivity contribution in [2.24, 2.45) is 0 Å². The second-order valence-corrected chi connectivity index (χ2v) is 3.26. The molecule has 0 rings (SSSR count). The molecular formula is C12H18O6Ru. The Labute approximate surface area is 124 Å². The molecule has 0 bridgehead atoms. The van der Waals surface area contributed by atoms with Gasteiger partial charge in [-0.2, -0.15) is 0 Å². The molecule has 110 valence electrons. The molecule has 7 heteroatoms. The number of rotatable bonds is 3. The number of hydrogen-bond donors (Lipinski definition) is 3. The largest absolute Gasteiger partial charge is 0.478 e. The van der Waals surface area contributed by atoms with Crippen LogP contribution in [0.4, 0.5) is 0 Å². The van der Waals surface area contributed by atoms with Gasteiger partial charge in [0.05, 0.1) is 0 Å². The summed E-state index contributed by atoms with van der Waals surface area (Å²) < 4.78 is 0. The molecule has 0 atom stereocenters. The number of aliphatic carboxylic acids is 3. The first kappa shape index (κ1) is 25.9. The molecule has 0 aliphatic carbocycles. The van der Waals surface area contributed by atoms with Crippen molar-refractivity contribution in [3.8, 4) is 0 Å². The summed E-state index contributed by atoms with van der Waals surface area (Å²) in [4.78, 5) is 28.8. The first-order valence-electron chi connectivity index (χ1n) is 4.59. The first-order valence-corrected chi connectivity index (χ1v) is 4.59. The first-order chi connectivity index (χ1) is 7.93. The summed E-state index contributed by atoms with van der Waals surface area (Å²) >= 11 is 0. The average molecular weight is 359 g/mol. The monoisotopic (exact) mass is 360 g/mol. The van der Waals surface area contributed by atoms with Crippen LogP contribution in [0.3, 0.4) is 0 Å². The third-order valence-corrected chi connectivity index (χ3v) is 1.10. The van der Waals surface area contributed by atoms with Crippen LogP contribution in [-0.4, -0.2) is 33.2 Å². The van der Waals surface area contributed by atoms with E-state index in [1.807, 2.05) is 0 Å². The molecule has 0 unspecified atom stereocenters. The van der Waals surface area contributed by atoms with Gasteiger partial charge in [0.15, 0.2) is 0 Å². The minimum atomic E-state index is -0.935. The van der Waals surface area contributed by atoms with Crippen molar-refractivity contribution >= 4 is 17.9 Å². The molecule has 0 amide bonds. The van der Waals surface area contributed by atoms with Gasteiger partial charge in [0.1, 0.15) is 0 Å². The molecule has 0 radical (unpaired) electrons. The number of carboxylic acids is 3. The summed E-state index contributed by atoms with van der Waals surface area (Å²) in [5.74, 6) is -2.81. The molecule has 0 aliphatic rings. The third kappa shape index (κ3) is 31.4. The van der Waals surface area contributed by atoms with Gasteiger partial charge in [-0.1, -0.05) is 19.7 Å². The molecule has 0 saturated heterocycles. The normalized spacial score (nSPS) is 7.11. The Morgan fingerprint density at radius 2 is 0.684 bits per heavy atom. The van der Waals surface area contributed by atoms with Crippen LogP contribution < -0.4 is 0 Å². The number of hydrogen-bond acceptors (Lipinski definition) is 3. The van der Waals surface area contributed by atoms with Crippen molar-refractivity contribution in [2.45, 2.75) is 20.8 Å². The van der Waals surface area contributed by atoms with Crippen molar-refractivity contribution < 1.29 is 49.2 Å². The molecular weight excluding hydrogens is 341 g/mol. The van der Waals surface area contributed by atoms with E-state index in [0.29, 0.717) is 0 Å². The molecule has 0 aromatic carbocycles. The van der Waals surface area contributed by atoms with Crippen LogP contribution in [0.25, 0.3) is 0 Å². The molecule has 0 aromatic rings. The molecule has 6 nitrogen and oxygen atoms in total. The van der Waals surface area contributed by atoms with Crippen molar-refractivity contribution in [2.75, 3.05) is 0 Å². The number of carboxylic acid groups (broad SMARTS) is 3. The zero-order valence-corrected chi connectivity index (χ0v) is 12.8. The molecule has 3 N–H and O–H groups in total. The van der Waals surface area contributed by atoms with Crippen LogP contribution in [0.2, 0.25) is 0 Å². The SMILES string of the molecule is C=C(C)C(=O)O.C=C(C)C(=O)O.C=C(C)C(=O)O.[Ru]. The van der Waals surface area contributed by atoms with Crippen LogP contribution >= 0.6 is 0 Å². The van der Waals surface area contributed by atoms with Gasteiger partial charge in [-0.15, -0.1) is 0 Å². The van der Waals surface area contributed by atoms with Crippen molar-refractivity contribution in [1.29, 1.82) is 0 Å². The van der Waals surface area contributed by atoms with E-state index in [9.17, 15) is 14.4 Å². The molecule has 0 spiro atoms. The van der Waals surface area contributed by atoms with E-state index < -0.39 is 17.9 Å². The van der Waals surface area contributed by atoms with E-state index in [4.69, 9.17) is 15.3 Å². The minimum Gasteiger partial charge on any atom is -0.478 e. The maximum Gasteiger partial charge on any atom is 0.330 e. The van der Waals surface area contributed by atoms with E-state index in [-0.39, 0.29) is 36.2 Å². The molecule has 0 fully saturated rings. The summed E-state index contributed by atoms with van der Waals surface area (Å²) in [7, 11) is 0. The van der Waals surface area contributed by atoms with Gasteiger partial charge in [0, 0.05) is 36.2 Å². The topological polar surface area (TPSA) is 112 Å². The predicted molar refractivity (Wildman–Crippen MR) is 67.3 cm³/mol. The zero-order valence-electron chi connectivity index (χ0n) is 11.0. The van der Waals surface area contributed by atoms with Crippen LogP contribution in [0, 0.1) is 0 Å². The van der Waals surface area contributed by atoms with Crippen molar-refractivity contribution in [3.63, 3.8) is 0 Å². The summed E-state index contributed by atoms with van der Waals surface area (Å²) in [5.41, 5.74) is 0.528. The maximum absolute atomic E-state index is 9.60. The smallest absolute Gasteiger partial charge is 0.330 e. The van der Waals surface area contributed by atoms with Crippen LogP contribution in [0.15, 0.2) is 36.5 Å². The molecule has 0 aliphatic heterocycles. The zero-order chi connectivity index (χ0) is 15.5. The van der Waals surface area contributed by atoms with Gasteiger partial charge in [0.2, 0.25) is 0 Å². The summed E-state index contributed by atoms with van der Waals surface area (Å²) in [5, 5.41) is 23.7. The average Bonchev–Trinajstić information content (AvgIpc) is 2.18. The fourth-order valence-corrected chi connectivity index (χ4v) is 0. The molecule has 19 heavy (non-hydrogen) atoms. The van der Waals surface area contributed by atoms with Gasteiger partial charge in [-0.3, -0.25) is 0 Å². The van der Waals surface area contributed by atoms with Crippen LogP contribution in [-0.2, 0) is 33.9 Å². The number of carbonyl (C=O) groups is 3. The van der Waals surface area contributed by atoms with Gasteiger partial charge < -0.3 is 15.3 Å². The van der Waals surface area contributed by atoms with Crippen LogP contribution in [0.5, 0.6) is 0 Å². The molecule has 0 aromatic heterocycles. The Hall–Kier alpha value is -1.75. The Kier molecular flexibility index (Phi) is 19.5. The van der Waals surface area contributed by atoms with E-state index in [1.54, 1.807) is 0 Å². The van der Waals surface area contributed by atoms with E-state index in [0.717, 1.165) is 0 Å². The summed E-state index contributed by atoms with van der Waals surface area (Å²) in [6.07, 6.45) is 0. The van der Waals surface area contributed by atoms with Gasteiger partial charge in [-0.05, 0) is 20.8 Å². The second kappa shape index (κ2) is 14.3. The Bertz CT molecular complexity index is 277. The Morgan fingerprint density at radius 1 is 0.632 bits per heavy atom. The standard InChI is InChI=1S/3C4H6O2.Ru/c3*1-3(2)4(5)6;/h3*1H2,2H3,(H,5,6);. The summed E-state index contributed by atoms with van der Waals surface area (Å²) in [6.45, 7) is 13.8. The quantitative estimate of drug-likeness (QED) is 0.524. The summed E-state index contributed by atoms with van der Waals surface area (Å²) in [6, 6.07) is 0. The van der Waals surface area contributed by atoms with Gasteiger partial charge >= 0.3 is 17.9 Å².